The quantitative estimate of drug-likeness (QED) is 0.489. The highest BCUT2D eigenvalue weighted by molar-refractivity contribution is 5.95. The first kappa shape index (κ1) is 20.5. The molecular weight excluding hydrogens is 410 g/mol. The lowest BCUT2D eigenvalue weighted by Crippen LogP contribution is -2.50. The molecule has 3 aromatic carbocycles. The van der Waals surface area contributed by atoms with Gasteiger partial charge in [-0.25, -0.2) is 0 Å². The van der Waals surface area contributed by atoms with E-state index in [4.69, 9.17) is 10.00 Å². The maximum absolute atomic E-state index is 13.2. The molecule has 1 aliphatic rings. The molecule has 1 N–H and O–H groups in total. The van der Waals surface area contributed by atoms with Crippen LogP contribution >= 0.6 is 0 Å². The second-order valence-corrected chi connectivity index (χ2v) is 7.94. The third kappa shape index (κ3) is 3.83. The van der Waals surface area contributed by atoms with Gasteiger partial charge < -0.3 is 10.1 Å². The number of fused-ring (bicyclic) bond motifs is 1. The van der Waals surface area contributed by atoms with Crippen molar-refractivity contribution < 1.29 is 9.53 Å². The molecule has 0 aliphatic carbocycles. The number of benzene rings is 3. The maximum atomic E-state index is 13.2. The molecule has 1 aromatic heterocycles. The Morgan fingerprint density at radius 3 is 2.30 bits per heavy atom. The molecule has 0 radical (unpaired) electrons. The average molecular weight is 431 g/mol. The van der Waals surface area contributed by atoms with E-state index in [1.54, 1.807) is 18.3 Å². The van der Waals surface area contributed by atoms with Gasteiger partial charge in [-0.2, -0.15) is 5.26 Å². The minimum absolute atomic E-state index is 0.162. The van der Waals surface area contributed by atoms with Crippen LogP contribution in [0.25, 0.3) is 11.1 Å². The van der Waals surface area contributed by atoms with Gasteiger partial charge in [0.1, 0.15) is 17.0 Å². The second kappa shape index (κ2) is 8.60. The molecule has 0 bridgehead atoms. The number of carbonyl (C=O) groups excluding carboxylic acids is 1. The van der Waals surface area contributed by atoms with E-state index >= 15 is 0 Å². The Morgan fingerprint density at radius 2 is 1.61 bits per heavy atom. The fraction of sp³-hybridized carbons (Fsp3) is 0.107. The minimum atomic E-state index is -0.815. The molecule has 160 valence electrons. The SMILES string of the molecule is N#Cc1ccc(-c2ccc([C@]3(NC(=O)c4ccccc4)CCOc4cccnc43)cc2)cc1. The Kier molecular flexibility index (Phi) is 5.34. The highest BCUT2D eigenvalue weighted by Crippen LogP contribution is 2.41. The zero-order chi connectivity index (χ0) is 22.7. The Morgan fingerprint density at radius 1 is 0.909 bits per heavy atom. The Balaban J connectivity index is 1.57. The van der Waals surface area contributed by atoms with Crippen LogP contribution in [0.5, 0.6) is 5.75 Å². The van der Waals surface area contributed by atoms with Crippen LogP contribution in [0.3, 0.4) is 0 Å². The molecule has 1 atom stereocenters. The van der Waals surface area contributed by atoms with Crippen LogP contribution < -0.4 is 10.1 Å². The van der Waals surface area contributed by atoms with Crippen LogP contribution in [0, 0.1) is 11.3 Å². The Labute approximate surface area is 192 Å². The lowest BCUT2D eigenvalue weighted by molar-refractivity contribution is 0.0883. The maximum Gasteiger partial charge on any atom is 0.252 e. The van der Waals surface area contributed by atoms with Gasteiger partial charge in [0, 0.05) is 18.2 Å². The summed E-state index contributed by atoms with van der Waals surface area (Å²) < 4.78 is 5.86. The van der Waals surface area contributed by atoms with E-state index in [1.807, 2.05) is 78.9 Å². The summed E-state index contributed by atoms with van der Waals surface area (Å²) in [6.45, 7) is 0.463. The summed E-state index contributed by atoms with van der Waals surface area (Å²) in [6, 6.07) is 30.7. The van der Waals surface area contributed by atoms with Gasteiger partial charge in [0.05, 0.1) is 18.2 Å². The highest BCUT2D eigenvalue weighted by atomic mass is 16.5. The van der Waals surface area contributed by atoms with Crippen LogP contribution in [0.1, 0.15) is 33.6 Å². The molecule has 0 saturated heterocycles. The number of hydrogen-bond donors (Lipinski definition) is 1. The van der Waals surface area contributed by atoms with Crippen LogP contribution in [-0.2, 0) is 5.54 Å². The van der Waals surface area contributed by atoms with Crippen molar-refractivity contribution in [2.75, 3.05) is 6.61 Å². The molecule has 5 heteroatoms. The van der Waals surface area contributed by atoms with E-state index in [0.29, 0.717) is 35.6 Å². The van der Waals surface area contributed by atoms with Crippen molar-refractivity contribution in [3.8, 4) is 22.9 Å². The first-order valence-corrected chi connectivity index (χ1v) is 10.8. The van der Waals surface area contributed by atoms with Gasteiger partial charge in [-0.15, -0.1) is 0 Å². The largest absolute Gasteiger partial charge is 0.491 e. The van der Waals surface area contributed by atoms with Crippen molar-refractivity contribution in [2.24, 2.45) is 0 Å². The van der Waals surface area contributed by atoms with Crippen molar-refractivity contribution in [1.82, 2.24) is 10.3 Å². The van der Waals surface area contributed by atoms with E-state index in [1.165, 1.54) is 0 Å². The van der Waals surface area contributed by atoms with Crippen LogP contribution in [0.4, 0.5) is 0 Å². The molecule has 5 rings (SSSR count). The van der Waals surface area contributed by atoms with Crippen LogP contribution in [-0.4, -0.2) is 17.5 Å². The summed E-state index contributed by atoms with van der Waals surface area (Å²) in [4.78, 5) is 17.9. The first-order valence-electron chi connectivity index (χ1n) is 10.8. The molecule has 0 spiro atoms. The number of nitrogens with zero attached hydrogens (tertiary/aromatic N) is 2. The van der Waals surface area contributed by atoms with Crippen molar-refractivity contribution in [3.63, 3.8) is 0 Å². The van der Waals surface area contributed by atoms with Crippen molar-refractivity contribution in [3.05, 3.63) is 120 Å². The lowest BCUT2D eigenvalue weighted by Gasteiger charge is -2.39. The van der Waals surface area contributed by atoms with E-state index in [9.17, 15) is 4.79 Å². The van der Waals surface area contributed by atoms with Gasteiger partial charge in [-0.3, -0.25) is 9.78 Å². The Bertz CT molecular complexity index is 1330. The molecule has 5 nitrogen and oxygen atoms in total. The van der Waals surface area contributed by atoms with Crippen molar-refractivity contribution in [1.29, 1.82) is 5.26 Å². The first-order chi connectivity index (χ1) is 16.2. The normalized spacial score (nSPS) is 16.7. The van der Waals surface area contributed by atoms with Gasteiger partial charge in [-0.05, 0) is 53.1 Å². The number of rotatable bonds is 4. The number of amides is 1. The molecular formula is C28H21N3O2. The highest BCUT2D eigenvalue weighted by Gasteiger charge is 2.42. The zero-order valence-electron chi connectivity index (χ0n) is 17.9. The second-order valence-electron chi connectivity index (χ2n) is 7.94. The zero-order valence-corrected chi connectivity index (χ0v) is 17.9. The van der Waals surface area contributed by atoms with Gasteiger partial charge in [-0.1, -0.05) is 54.6 Å². The number of nitriles is 1. The smallest absolute Gasteiger partial charge is 0.252 e. The molecule has 1 amide bonds. The van der Waals surface area contributed by atoms with Gasteiger partial charge in [0.2, 0.25) is 0 Å². The predicted octanol–water partition coefficient (Wildman–Crippen LogP) is 5.08. The molecule has 1 aliphatic heterocycles. The standard InChI is InChI=1S/C28H21N3O2/c29-19-20-8-10-21(11-9-20)22-12-14-24(15-13-22)28(31-27(32)23-5-2-1-3-6-23)16-18-33-25-7-4-17-30-26(25)28/h1-15,17H,16,18H2,(H,31,32)/t28-/m1/s1. The van der Waals surface area contributed by atoms with Crippen LogP contribution in [0.2, 0.25) is 0 Å². The third-order valence-corrected chi connectivity index (χ3v) is 6.00. The number of carbonyl (C=O) groups is 1. The van der Waals surface area contributed by atoms with Gasteiger partial charge in [0.25, 0.3) is 5.91 Å². The number of ether oxygens (including phenoxy) is 1. The summed E-state index contributed by atoms with van der Waals surface area (Å²) in [5, 5.41) is 12.3. The van der Waals surface area contributed by atoms with Crippen molar-refractivity contribution >= 4 is 5.91 Å². The molecule has 0 unspecified atom stereocenters. The molecule has 2 heterocycles. The Hall–Kier alpha value is -4.43. The summed E-state index contributed by atoms with van der Waals surface area (Å²) in [7, 11) is 0. The topological polar surface area (TPSA) is 75.0 Å². The van der Waals surface area contributed by atoms with E-state index in [2.05, 4.69) is 16.4 Å². The molecule has 33 heavy (non-hydrogen) atoms. The number of aromatic nitrogens is 1. The minimum Gasteiger partial charge on any atom is -0.491 e. The van der Waals surface area contributed by atoms with E-state index in [0.717, 1.165) is 16.7 Å². The summed E-state index contributed by atoms with van der Waals surface area (Å²) in [6.07, 6.45) is 2.29. The van der Waals surface area contributed by atoms with Crippen LogP contribution in [0.15, 0.2) is 97.2 Å². The number of nitrogens with one attached hydrogen (secondary N) is 1. The monoisotopic (exact) mass is 431 g/mol. The number of hydrogen-bond acceptors (Lipinski definition) is 4. The summed E-state index contributed by atoms with van der Waals surface area (Å²) in [5.41, 5.74) is 4.09. The molecule has 4 aromatic rings. The van der Waals surface area contributed by atoms with E-state index < -0.39 is 5.54 Å². The predicted molar refractivity (Wildman–Crippen MR) is 126 cm³/mol. The fourth-order valence-corrected chi connectivity index (χ4v) is 4.27. The molecule has 0 saturated carbocycles. The molecule has 0 fully saturated rings. The summed E-state index contributed by atoms with van der Waals surface area (Å²) >= 11 is 0. The van der Waals surface area contributed by atoms with Gasteiger partial charge in [0.15, 0.2) is 0 Å². The lowest BCUT2D eigenvalue weighted by atomic mass is 9.80. The number of pyridine rings is 1. The van der Waals surface area contributed by atoms with Crippen molar-refractivity contribution in [2.45, 2.75) is 12.0 Å². The fourth-order valence-electron chi connectivity index (χ4n) is 4.27. The van der Waals surface area contributed by atoms with Gasteiger partial charge >= 0.3 is 0 Å². The third-order valence-electron chi connectivity index (χ3n) is 6.00. The van der Waals surface area contributed by atoms with E-state index in [-0.39, 0.29) is 5.91 Å². The summed E-state index contributed by atoms with van der Waals surface area (Å²) in [5.74, 6) is 0.513. The average Bonchev–Trinajstić information content (AvgIpc) is 2.89.